The summed E-state index contributed by atoms with van der Waals surface area (Å²) in [7, 11) is 1.34. The molecule has 3 heteroatoms. The number of hydrogen-bond donors (Lipinski definition) is 1. The third-order valence-electron chi connectivity index (χ3n) is 4.82. The van der Waals surface area contributed by atoms with E-state index in [1.807, 2.05) is 13.8 Å². The third-order valence-corrected chi connectivity index (χ3v) is 4.82. The van der Waals surface area contributed by atoms with E-state index in [0.29, 0.717) is 11.8 Å². The molecule has 2 bridgehead atoms. The smallest absolute Gasteiger partial charge is 0.335 e. The molecule has 2 aliphatic carbocycles. The lowest BCUT2D eigenvalue weighted by Gasteiger charge is -2.39. The zero-order chi connectivity index (χ0) is 11.9. The van der Waals surface area contributed by atoms with Gasteiger partial charge in [-0.2, -0.15) is 0 Å². The van der Waals surface area contributed by atoms with E-state index in [1.54, 1.807) is 0 Å². The normalized spacial score (nSPS) is 35.1. The fourth-order valence-electron chi connectivity index (χ4n) is 3.77. The monoisotopic (exact) mass is 226 g/mol. The third kappa shape index (κ3) is 1.75. The molecule has 4 atom stereocenters. The van der Waals surface area contributed by atoms with Crippen molar-refractivity contribution >= 4 is 5.97 Å². The number of aliphatic hydroxyl groups is 1. The number of carbonyl (C=O) groups excluding carboxylic acids is 1. The van der Waals surface area contributed by atoms with Crippen molar-refractivity contribution in [1.29, 1.82) is 0 Å². The SMILES string of the molecule is COC(=O)C(O)C(C)(C)C1CC2CCC1C2. The second kappa shape index (κ2) is 4.02. The summed E-state index contributed by atoms with van der Waals surface area (Å²) in [5.74, 6) is 1.52. The summed E-state index contributed by atoms with van der Waals surface area (Å²) in [5, 5.41) is 10.1. The van der Waals surface area contributed by atoms with Crippen LogP contribution in [0.4, 0.5) is 0 Å². The molecule has 0 radical (unpaired) electrons. The number of esters is 1. The van der Waals surface area contributed by atoms with Gasteiger partial charge in [-0.05, 0) is 37.0 Å². The van der Waals surface area contributed by atoms with Crippen LogP contribution in [0.3, 0.4) is 0 Å². The molecule has 2 aliphatic rings. The van der Waals surface area contributed by atoms with E-state index >= 15 is 0 Å². The first-order valence-corrected chi connectivity index (χ1v) is 6.22. The van der Waals surface area contributed by atoms with Gasteiger partial charge in [0.05, 0.1) is 7.11 Å². The van der Waals surface area contributed by atoms with Gasteiger partial charge in [0.2, 0.25) is 0 Å². The first-order valence-electron chi connectivity index (χ1n) is 6.22. The second-order valence-corrected chi connectivity index (χ2v) is 6.03. The van der Waals surface area contributed by atoms with Gasteiger partial charge in [-0.1, -0.05) is 20.3 Å². The van der Waals surface area contributed by atoms with Crippen LogP contribution in [0, 0.1) is 23.2 Å². The van der Waals surface area contributed by atoms with E-state index in [4.69, 9.17) is 0 Å². The van der Waals surface area contributed by atoms with Crippen LogP contribution in [0.15, 0.2) is 0 Å². The highest BCUT2D eigenvalue weighted by molar-refractivity contribution is 5.75. The molecule has 1 N–H and O–H groups in total. The number of aliphatic hydroxyl groups excluding tert-OH is 1. The molecule has 0 heterocycles. The first-order chi connectivity index (χ1) is 7.46. The fraction of sp³-hybridized carbons (Fsp3) is 0.923. The number of methoxy groups -OCH3 is 1. The Morgan fingerprint density at radius 2 is 2.06 bits per heavy atom. The van der Waals surface area contributed by atoms with Crippen LogP contribution < -0.4 is 0 Å². The second-order valence-electron chi connectivity index (χ2n) is 6.03. The molecule has 0 aromatic rings. The zero-order valence-corrected chi connectivity index (χ0v) is 10.4. The van der Waals surface area contributed by atoms with E-state index in [1.165, 1.54) is 32.8 Å². The molecule has 2 fully saturated rings. The minimum Gasteiger partial charge on any atom is -0.467 e. The van der Waals surface area contributed by atoms with Crippen LogP contribution in [0.5, 0.6) is 0 Å². The van der Waals surface area contributed by atoms with E-state index in [2.05, 4.69) is 4.74 Å². The molecular weight excluding hydrogens is 204 g/mol. The molecule has 0 aromatic heterocycles. The molecule has 0 saturated heterocycles. The fourth-order valence-corrected chi connectivity index (χ4v) is 3.77. The number of ether oxygens (including phenoxy) is 1. The number of rotatable bonds is 3. The summed E-state index contributed by atoms with van der Waals surface area (Å²) in [4.78, 5) is 11.4. The quantitative estimate of drug-likeness (QED) is 0.748. The Labute approximate surface area is 97.2 Å². The summed E-state index contributed by atoms with van der Waals surface area (Å²) in [6.45, 7) is 4.00. The van der Waals surface area contributed by atoms with Crippen LogP contribution in [-0.4, -0.2) is 24.3 Å². The maximum absolute atomic E-state index is 11.4. The van der Waals surface area contributed by atoms with Gasteiger partial charge < -0.3 is 9.84 Å². The van der Waals surface area contributed by atoms with Crippen LogP contribution >= 0.6 is 0 Å². The van der Waals surface area contributed by atoms with Crippen molar-refractivity contribution in [1.82, 2.24) is 0 Å². The van der Waals surface area contributed by atoms with Crippen LogP contribution in [0.2, 0.25) is 0 Å². The van der Waals surface area contributed by atoms with Gasteiger partial charge in [0.15, 0.2) is 6.10 Å². The van der Waals surface area contributed by atoms with Crippen LogP contribution in [-0.2, 0) is 9.53 Å². The summed E-state index contributed by atoms with van der Waals surface area (Å²) in [6, 6.07) is 0. The average molecular weight is 226 g/mol. The van der Waals surface area contributed by atoms with Crippen molar-refractivity contribution in [3.05, 3.63) is 0 Å². The maximum Gasteiger partial charge on any atom is 0.335 e. The summed E-state index contributed by atoms with van der Waals surface area (Å²) >= 11 is 0. The largest absolute Gasteiger partial charge is 0.467 e. The summed E-state index contributed by atoms with van der Waals surface area (Å²) in [6.07, 6.45) is 4.09. The molecule has 0 aliphatic heterocycles. The van der Waals surface area contributed by atoms with E-state index in [-0.39, 0.29) is 5.41 Å². The highest BCUT2D eigenvalue weighted by atomic mass is 16.5. The number of hydrogen-bond acceptors (Lipinski definition) is 3. The maximum atomic E-state index is 11.4. The molecule has 0 amide bonds. The average Bonchev–Trinajstić information content (AvgIpc) is 2.88. The molecule has 16 heavy (non-hydrogen) atoms. The van der Waals surface area contributed by atoms with Crippen LogP contribution in [0.25, 0.3) is 0 Å². The number of fused-ring (bicyclic) bond motifs is 2. The van der Waals surface area contributed by atoms with Gasteiger partial charge in [0.1, 0.15) is 0 Å². The van der Waals surface area contributed by atoms with Crippen molar-refractivity contribution in [3.8, 4) is 0 Å². The highest BCUT2D eigenvalue weighted by Gasteiger charge is 2.50. The van der Waals surface area contributed by atoms with Crippen molar-refractivity contribution < 1.29 is 14.6 Å². The Balaban J connectivity index is 2.09. The summed E-state index contributed by atoms with van der Waals surface area (Å²) in [5.41, 5.74) is -0.354. The van der Waals surface area contributed by atoms with Crippen LogP contribution in [0.1, 0.15) is 39.5 Å². The Bertz CT molecular complexity index is 285. The van der Waals surface area contributed by atoms with Gasteiger partial charge >= 0.3 is 5.97 Å². The lowest BCUT2D eigenvalue weighted by molar-refractivity contribution is -0.160. The Kier molecular flexibility index (Phi) is 2.99. The Hall–Kier alpha value is -0.570. The molecule has 3 nitrogen and oxygen atoms in total. The van der Waals surface area contributed by atoms with E-state index in [0.717, 1.165) is 5.92 Å². The number of carbonyl (C=O) groups is 1. The Morgan fingerprint density at radius 1 is 1.38 bits per heavy atom. The lowest BCUT2D eigenvalue weighted by atomic mass is 9.67. The van der Waals surface area contributed by atoms with Crippen molar-refractivity contribution in [2.75, 3.05) is 7.11 Å². The topological polar surface area (TPSA) is 46.5 Å². The zero-order valence-electron chi connectivity index (χ0n) is 10.4. The van der Waals surface area contributed by atoms with Gasteiger partial charge in [-0.3, -0.25) is 0 Å². The summed E-state index contributed by atoms with van der Waals surface area (Å²) < 4.78 is 4.65. The molecule has 0 aromatic carbocycles. The molecular formula is C13H22O3. The molecule has 92 valence electrons. The minimum absolute atomic E-state index is 0.354. The standard InChI is InChI=1S/C13H22O3/c1-13(2,11(14)12(15)16-3)10-7-8-4-5-9(10)6-8/h8-11,14H,4-7H2,1-3H3. The molecule has 2 saturated carbocycles. The predicted molar refractivity (Wildman–Crippen MR) is 60.7 cm³/mol. The van der Waals surface area contributed by atoms with Crippen molar-refractivity contribution in [3.63, 3.8) is 0 Å². The van der Waals surface area contributed by atoms with E-state index < -0.39 is 12.1 Å². The molecule has 0 spiro atoms. The lowest BCUT2D eigenvalue weighted by Crippen LogP contribution is -2.44. The van der Waals surface area contributed by atoms with Gasteiger partial charge in [0, 0.05) is 5.41 Å². The van der Waals surface area contributed by atoms with Crippen molar-refractivity contribution in [2.24, 2.45) is 23.2 Å². The predicted octanol–water partition coefficient (Wildman–Crippen LogP) is 1.98. The van der Waals surface area contributed by atoms with E-state index in [9.17, 15) is 9.90 Å². The van der Waals surface area contributed by atoms with Gasteiger partial charge in [-0.25, -0.2) is 4.79 Å². The van der Waals surface area contributed by atoms with Gasteiger partial charge in [0.25, 0.3) is 0 Å². The molecule has 4 unspecified atom stereocenters. The Morgan fingerprint density at radius 3 is 2.50 bits per heavy atom. The van der Waals surface area contributed by atoms with Crippen molar-refractivity contribution in [2.45, 2.75) is 45.6 Å². The minimum atomic E-state index is -0.984. The highest BCUT2D eigenvalue weighted by Crippen LogP contribution is 2.55. The van der Waals surface area contributed by atoms with Gasteiger partial charge in [-0.15, -0.1) is 0 Å². The first kappa shape index (κ1) is 11.9. The molecule has 2 rings (SSSR count).